The molecule has 8 rings (SSSR count). The van der Waals surface area contributed by atoms with Gasteiger partial charge in [-0.3, -0.25) is 29.4 Å². The summed E-state index contributed by atoms with van der Waals surface area (Å²) in [6.07, 6.45) is 2.44. The fourth-order valence-corrected chi connectivity index (χ4v) is 10.9. The number of esters is 1. The molecule has 1 unspecified atom stereocenters. The number of thiazole rings is 1. The van der Waals surface area contributed by atoms with Gasteiger partial charge in [0.15, 0.2) is 0 Å². The number of rotatable bonds is 9. The highest BCUT2D eigenvalue weighted by Crippen LogP contribution is 2.53. The molecule has 1 aromatic carbocycles. The summed E-state index contributed by atoms with van der Waals surface area (Å²) in [4.78, 5) is 57.3. The normalized spacial score (nSPS) is 27.5. The van der Waals surface area contributed by atoms with Gasteiger partial charge >= 0.3 is 5.97 Å². The molecule has 3 aliphatic heterocycles. The highest BCUT2D eigenvalue weighted by Gasteiger charge is 2.55. The van der Waals surface area contributed by atoms with E-state index >= 15 is 0 Å². The van der Waals surface area contributed by atoms with Crippen molar-refractivity contribution < 1.29 is 28.6 Å². The summed E-state index contributed by atoms with van der Waals surface area (Å²) < 4.78 is 20.7. The number of cyclic esters (lactones) is 1. The third kappa shape index (κ3) is 8.08. The lowest BCUT2D eigenvalue weighted by molar-refractivity contribution is -0.156. The smallest absolute Gasteiger partial charge is 0.324 e. The van der Waals surface area contributed by atoms with Gasteiger partial charge in [-0.05, 0) is 81.3 Å². The van der Waals surface area contributed by atoms with Gasteiger partial charge in [0, 0.05) is 77.9 Å². The van der Waals surface area contributed by atoms with Crippen molar-refractivity contribution in [2.75, 3.05) is 32.6 Å². The van der Waals surface area contributed by atoms with Gasteiger partial charge in [0.2, 0.25) is 5.91 Å². The third-order valence-electron chi connectivity index (χ3n) is 12.3. The third-order valence-corrected chi connectivity index (χ3v) is 14.0. The number of nitrogens with one attached hydrogen (secondary N) is 2. The first-order chi connectivity index (χ1) is 28.4. The van der Waals surface area contributed by atoms with Gasteiger partial charge in [0.25, 0.3) is 5.91 Å². The van der Waals surface area contributed by atoms with Gasteiger partial charge in [-0.25, -0.2) is 10.4 Å². The Kier molecular flexibility index (Phi) is 12.0. The average molecular weight is 842 g/mol. The van der Waals surface area contributed by atoms with Crippen LogP contribution in [0.4, 0.5) is 0 Å². The molecule has 2 amide bonds. The fraction of sp³-hybridized carbons (Fsp3) is 0.545. The average Bonchev–Trinajstić information content (AvgIpc) is 3.69. The SMILES string of the molecule is CCO[C@@H]1C2=NC(CS2)c2ccc3c(c2)c(c(-c2cccnc2[C@H](C)OC)n3CC)CC(C)(C)COC(=O)[C@@H]2CCCN(N2)C(=O)[C@H]1NC(=O)[C@H]1[C@H](C)[C@@H]1c1cscn1. The van der Waals surface area contributed by atoms with Crippen LogP contribution in [0.25, 0.3) is 22.2 Å². The number of ether oxygens (including phenoxy) is 3. The zero-order valence-corrected chi connectivity index (χ0v) is 36.5. The van der Waals surface area contributed by atoms with Crippen molar-refractivity contribution in [2.24, 2.45) is 22.2 Å². The summed E-state index contributed by atoms with van der Waals surface area (Å²) >= 11 is 3.07. The summed E-state index contributed by atoms with van der Waals surface area (Å²) in [5, 5.41) is 8.35. The highest BCUT2D eigenvalue weighted by molar-refractivity contribution is 8.14. The van der Waals surface area contributed by atoms with E-state index in [4.69, 9.17) is 24.2 Å². The number of nitrogens with zero attached hydrogens (tertiary/aromatic N) is 5. The minimum absolute atomic E-state index is 0.0174. The van der Waals surface area contributed by atoms with Crippen molar-refractivity contribution in [2.45, 2.75) is 104 Å². The van der Waals surface area contributed by atoms with E-state index in [1.807, 2.05) is 38.4 Å². The van der Waals surface area contributed by atoms with Crippen LogP contribution in [-0.2, 0) is 41.6 Å². The van der Waals surface area contributed by atoms with Crippen LogP contribution in [0.2, 0.25) is 0 Å². The molecule has 314 valence electrons. The highest BCUT2D eigenvalue weighted by atomic mass is 32.2. The summed E-state index contributed by atoms with van der Waals surface area (Å²) in [6, 6.07) is 8.64. The van der Waals surface area contributed by atoms with Gasteiger partial charge in [0.1, 0.15) is 23.2 Å². The Balaban J connectivity index is 1.24. The molecule has 8 atom stereocenters. The minimum Gasteiger partial charge on any atom is -0.464 e. The zero-order valence-electron chi connectivity index (χ0n) is 34.9. The Morgan fingerprint density at radius 1 is 1.19 bits per heavy atom. The standard InChI is InChI=1S/C44H55N7O6S2/c1-8-50-33-15-14-26-18-28(33)29(38(50)27-12-10-16-45-36(27)25(4)55-7)19-44(5,6)22-57-43(54)30-13-11-17-51(49-30)42(53)37(39(56-9-2)41-47-31(26)21-59-41)48-40(52)35-24(3)34(35)32-20-58-23-46-32/h10,12,14-16,18,20,23-25,30-31,34-35,37,39,49H,8-9,11,13,17,19,21-22H2,1-7H3,(H,48,52)/t24-,25+,30+,31?,34-,35+,37+,39+/m1/s1. The number of hydrogen-bond acceptors (Lipinski definition) is 12. The molecule has 6 heterocycles. The molecule has 4 aromatic rings. The van der Waals surface area contributed by atoms with E-state index in [1.54, 1.807) is 24.4 Å². The molecule has 2 N–H and O–H groups in total. The number of hydrazine groups is 1. The Bertz CT molecular complexity index is 2240. The lowest BCUT2D eigenvalue weighted by Crippen LogP contribution is -2.63. The van der Waals surface area contributed by atoms with E-state index in [-0.39, 0.29) is 48.3 Å². The fourth-order valence-electron chi connectivity index (χ4n) is 9.13. The molecular formula is C44H55N7O6S2. The molecule has 1 saturated heterocycles. The largest absolute Gasteiger partial charge is 0.464 e. The zero-order chi connectivity index (χ0) is 41.6. The van der Waals surface area contributed by atoms with Gasteiger partial charge in [0.05, 0.1) is 41.3 Å². The van der Waals surface area contributed by atoms with Crippen molar-refractivity contribution in [3.8, 4) is 11.3 Å². The number of hydrogen-bond donors (Lipinski definition) is 2. The monoisotopic (exact) mass is 841 g/mol. The maximum atomic E-state index is 14.7. The van der Waals surface area contributed by atoms with Crippen molar-refractivity contribution in [1.29, 1.82) is 0 Å². The molecule has 0 spiro atoms. The lowest BCUT2D eigenvalue weighted by Gasteiger charge is -2.37. The van der Waals surface area contributed by atoms with E-state index in [1.165, 1.54) is 16.3 Å². The summed E-state index contributed by atoms with van der Waals surface area (Å²) in [7, 11) is 1.70. The molecule has 59 heavy (non-hydrogen) atoms. The van der Waals surface area contributed by atoms with Crippen molar-refractivity contribution in [1.82, 2.24) is 30.3 Å². The number of aliphatic imine (C=N–C) groups is 1. The predicted octanol–water partition coefficient (Wildman–Crippen LogP) is 6.63. The number of methoxy groups -OCH3 is 1. The van der Waals surface area contributed by atoms with Crippen LogP contribution < -0.4 is 10.7 Å². The molecule has 2 fully saturated rings. The molecule has 1 aliphatic carbocycles. The first kappa shape index (κ1) is 41.6. The topological polar surface area (TPSA) is 149 Å². The second kappa shape index (κ2) is 17.1. The number of fused-ring (bicyclic) bond motifs is 5. The Labute approximate surface area is 354 Å². The quantitative estimate of drug-likeness (QED) is 0.176. The Hall–Kier alpha value is -4.15. The van der Waals surface area contributed by atoms with Crippen LogP contribution in [0.5, 0.6) is 0 Å². The lowest BCUT2D eigenvalue weighted by atomic mass is 9.84. The van der Waals surface area contributed by atoms with Crippen LogP contribution in [0.1, 0.15) is 95.0 Å². The molecule has 3 aromatic heterocycles. The molecule has 1 saturated carbocycles. The van der Waals surface area contributed by atoms with Crippen LogP contribution in [-0.4, -0.2) is 93.2 Å². The second-order valence-electron chi connectivity index (χ2n) is 16.9. The van der Waals surface area contributed by atoms with Crippen LogP contribution in [0, 0.1) is 17.3 Å². The number of benzene rings is 1. The summed E-state index contributed by atoms with van der Waals surface area (Å²) in [5.74, 6) is -0.633. The number of carbonyl (C=O) groups is 3. The molecule has 6 bridgehead atoms. The van der Waals surface area contributed by atoms with Gasteiger partial charge in [-0.1, -0.05) is 26.8 Å². The minimum atomic E-state index is -1.09. The van der Waals surface area contributed by atoms with E-state index in [2.05, 4.69) is 65.3 Å². The number of aryl methyl sites for hydroxylation is 1. The molecule has 4 aliphatic rings. The molecular weight excluding hydrogens is 787 g/mol. The predicted molar refractivity (Wildman–Crippen MR) is 230 cm³/mol. The summed E-state index contributed by atoms with van der Waals surface area (Å²) in [5.41, 5.74) is 11.6. The maximum Gasteiger partial charge on any atom is 0.324 e. The van der Waals surface area contributed by atoms with Crippen LogP contribution >= 0.6 is 23.1 Å². The molecule has 0 radical (unpaired) electrons. The summed E-state index contributed by atoms with van der Waals surface area (Å²) in [6.45, 7) is 13.9. The van der Waals surface area contributed by atoms with Crippen molar-refractivity contribution >= 4 is 56.8 Å². The van der Waals surface area contributed by atoms with Gasteiger partial charge in [-0.15, -0.1) is 23.1 Å². The Morgan fingerprint density at radius 3 is 2.76 bits per heavy atom. The number of pyridine rings is 1. The second-order valence-corrected chi connectivity index (χ2v) is 18.7. The van der Waals surface area contributed by atoms with E-state index in [9.17, 15) is 14.4 Å². The molecule has 13 nitrogen and oxygen atoms in total. The van der Waals surface area contributed by atoms with Crippen LogP contribution in [0.15, 0.2) is 52.4 Å². The molecule has 15 heteroatoms. The van der Waals surface area contributed by atoms with E-state index < -0.39 is 29.6 Å². The maximum absolute atomic E-state index is 14.7. The first-order valence-electron chi connectivity index (χ1n) is 20.8. The van der Waals surface area contributed by atoms with E-state index in [0.717, 1.165) is 51.2 Å². The van der Waals surface area contributed by atoms with Crippen molar-refractivity contribution in [3.63, 3.8) is 0 Å². The number of carbonyl (C=O) groups excluding carboxylic acids is 3. The van der Waals surface area contributed by atoms with E-state index in [0.29, 0.717) is 43.2 Å². The van der Waals surface area contributed by atoms with Gasteiger partial charge < -0.3 is 24.1 Å². The van der Waals surface area contributed by atoms with Crippen LogP contribution in [0.3, 0.4) is 0 Å². The number of amides is 2. The first-order valence-corrected chi connectivity index (χ1v) is 22.7. The Morgan fingerprint density at radius 2 is 2.02 bits per heavy atom. The van der Waals surface area contributed by atoms with Gasteiger partial charge in [-0.2, -0.15) is 0 Å². The number of aromatic nitrogens is 3. The van der Waals surface area contributed by atoms with Crippen molar-refractivity contribution in [3.05, 3.63) is 69.9 Å². The number of thioether (sulfide) groups is 1.